The molecule has 1 fully saturated rings. The highest BCUT2D eigenvalue weighted by Crippen LogP contribution is 2.55. The zero-order valence-corrected chi connectivity index (χ0v) is 26.8. The Kier molecular flexibility index (Phi) is 10.2. The molecule has 1 aromatic carbocycles. The highest BCUT2D eigenvalue weighted by Gasteiger charge is 2.62. The lowest BCUT2D eigenvalue weighted by atomic mass is 9.75. The SMILES string of the molecule is COc1cc(OC)c2c(c1Cl)OC1(C2=O)C(OC2OC(COC(C)=O)C(OC(C)=O)C(OC(C)=O)C2OC(C)=O)=CC(=O)CC1C. The summed E-state index contributed by atoms with van der Waals surface area (Å²) in [6.45, 7) is 5.39. The Hall–Kier alpha value is -4.37. The van der Waals surface area contributed by atoms with Crippen molar-refractivity contribution in [3.05, 3.63) is 28.5 Å². The molecule has 16 heteroatoms. The normalized spacial score (nSPS) is 28.3. The number of esters is 4. The van der Waals surface area contributed by atoms with Crippen molar-refractivity contribution in [2.24, 2.45) is 5.92 Å². The van der Waals surface area contributed by atoms with Gasteiger partial charge in [-0.2, -0.15) is 0 Å². The van der Waals surface area contributed by atoms with Crippen molar-refractivity contribution in [1.29, 1.82) is 0 Å². The van der Waals surface area contributed by atoms with Gasteiger partial charge >= 0.3 is 23.9 Å². The number of fused-ring (bicyclic) bond motifs is 1. The number of hydrogen-bond acceptors (Lipinski definition) is 15. The maximum absolute atomic E-state index is 14.3. The molecule has 7 atom stereocenters. The maximum atomic E-state index is 14.3. The number of rotatable bonds is 9. The lowest BCUT2D eigenvalue weighted by molar-refractivity contribution is -0.303. The molecule has 0 N–H and O–H groups in total. The molecule has 3 aliphatic rings. The third kappa shape index (κ3) is 6.47. The summed E-state index contributed by atoms with van der Waals surface area (Å²) >= 11 is 6.55. The van der Waals surface area contributed by atoms with Gasteiger partial charge in [0.15, 0.2) is 29.5 Å². The van der Waals surface area contributed by atoms with Crippen molar-refractivity contribution in [3.63, 3.8) is 0 Å². The Morgan fingerprint density at radius 3 is 2.04 bits per heavy atom. The number of ether oxygens (including phenoxy) is 9. The van der Waals surface area contributed by atoms with E-state index < -0.39 is 84.3 Å². The number of carbonyl (C=O) groups excluding carboxylic acids is 6. The van der Waals surface area contributed by atoms with Crippen molar-refractivity contribution < 1.29 is 71.4 Å². The topological polar surface area (TPSA) is 185 Å². The summed E-state index contributed by atoms with van der Waals surface area (Å²) in [5.41, 5.74) is -2.04. The van der Waals surface area contributed by atoms with Crippen molar-refractivity contribution in [3.8, 4) is 17.2 Å². The number of benzene rings is 1. The van der Waals surface area contributed by atoms with Gasteiger partial charge in [-0.1, -0.05) is 18.5 Å². The average molecular weight is 669 g/mol. The first kappa shape index (κ1) is 34.5. The van der Waals surface area contributed by atoms with E-state index in [-0.39, 0.29) is 40.0 Å². The van der Waals surface area contributed by atoms with E-state index in [0.29, 0.717) is 0 Å². The Morgan fingerprint density at radius 2 is 1.48 bits per heavy atom. The minimum absolute atomic E-state index is 0.0365. The number of carbonyl (C=O) groups is 6. The maximum Gasteiger partial charge on any atom is 0.303 e. The van der Waals surface area contributed by atoms with Gasteiger partial charge in [-0.25, -0.2) is 0 Å². The first-order valence-corrected chi connectivity index (χ1v) is 14.4. The molecular formula is C30H33ClO15. The van der Waals surface area contributed by atoms with Crippen LogP contribution in [0, 0.1) is 5.92 Å². The van der Waals surface area contributed by atoms with Gasteiger partial charge in [0.2, 0.25) is 23.8 Å². The van der Waals surface area contributed by atoms with E-state index in [1.807, 2.05) is 0 Å². The highest BCUT2D eigenvalue weighted by molar-refractivity contribution is 6.35. The highest BCUT2D eigenvalue weighted by atomic mass is 35.5. The molecule has 15 nitrogen and oxygen atoms in total. The zero-order chi connectivity index (χ0) is 34.1. The molecule has 7 unspecified atom stereocenters. The van der Waals surface area contributed by atoms with Crippen LogP contribution in [0.1, 0.15) is 51.4 Å². The number of methoxy groups -OCH3 is 2. The second-order valence-electron chi connectivity index (χ2n) is 10.7. The van der Waals surface area contributed by atoms with Gasteiger partial charge < -0.3 is 42.6 Å². The number of allylic oxidation sites excluding steroid dienone is 1. The Balaban J connectivity index is 1.84. The summed E-state index contributed by atoms with van der Waals surface area (Å²) in [6, 6.07) is 1.41. The van der Waals surface area contributed by atoms with E-state index in [0.717, 1.165) is 33.8 Å². The molecule has 4 rings (SSSR count). The van der Waals surface area contributed by atoms with Gasteiger partial charge in [0.05, 0.1) is 14.2 Å². The molecule has 1 saturated heterocycles. The van der Waals surface area contributed by atoms with Crippen LogP contribution >= 0.6 is 11.6 Å². The van der Waals surface area contributed by atoms with Crippen molar-refractivity contribution in [1.82, 2.24) is 0 Å². The smallest absolute Gasteiger partial charge is 0.303 e. The van der Waals surface area contributed by atoms with Gasteiger partial charge in [-0.05, 0) is 0 Å². The monoisotopic (exact) mass is 668 g/mol. The predicted octanol–water partition coefficient (Wildman–Crippen LogP) is 2.26. The van der Waals surface area contributed by atoms with E-state index in [9.17, 15) is 28.8 Å². The van der Waals surface area contributed by atoms with Gasteiger partial charge in [-0.15, -0.1) is 0 Å². The first-order valence-electron chi connectivity index (χ1n) is 14.0. The van der Waals surface area contributed by atoms with Crippen LogP contribution in [0.3, 0.4) is 0 Å². The van der Waals surface area contributed by atoms with Crippen LogP contribution in [0.4, 0.5) is 0 Å². The summed E-state index contributed by atoms with van der Waals surface area (Å²) in [6.07, 6.45) is -6.84. The lowest BCUT2D eigenvalue weighted by Gasteiger charge is -2.46. The quantitative estimate of drug-likeness (QED) is 0.275. The van der Waals surface area contributed by atoms with Crippen molar-refractivity contribution in [2.75, 3.05) is 20.8 Å². The first-order chi connectivity index (χ1) is 21.6. The van der Waals surface area contributed by atoms with Crippen LogP contribution in [0.15, 0.2) is 17.9 Å². The second kappa shape index (κ2) is 13.5. The second-order valence-corrected chi connectivity index (χ2v) is 11.1. The van der Waals surface area contributed by atoms with Crippen LogP contribution in [-0.2, 0) is 52.4 Å². The Morgan fingerprint density at radius 1 is 0.891 bits per heavy atom. The zero-order valence-electron chi connectivity index (χ0n) is 26.0. The third-order valence-corrected chi connectivity index (χ3v) is 7.83. The number of halogens is 1. The number of ketones is 2. The Labute approximate surface area is 268 Å². The minimum atomic E-state index is -2.00. The van der Waals surface area contributed by atoms with E-state index in [2.05, 4.69) is 0 Å². The Bertz CT molecular complexity index is 1480. The molecule has 1 aliphatic carbocycles. The van der Waals surface area contributed by atoms with Gasteiger partial charge in [0.25, 0.3) is 0 Å². The van der Waals surface area contributed by atoms with Gasteiger partial charge in [0, 0.05) is 52.2 Å². The largest absolute Gasteiger partial charge is 0.496 e. The molecule has 1 spiro atoms. The van der Waals surface area contributed by atoms with E-state index in [1.165, 1.54) is 20.3 Å². The van der Waals surface area contributed by atoms with Crippen molar-refractivity contribution >= 4 is 47.0 Å². The molecule has 1 aromatic rings. The fraction of sp³-hybridized carbons (Fsp3) is 0.533. The van der Waals surface area contributed by atoms with Gasteiger partial charge in [-0.3, -0.25) is 28.8 Å². The molecule has 0 aromatic heterocycles. The van der Waals surface area contributed by atoms with Crippen LogP contribution in [0.25, 0.3) is 0 Å². The summed E-state index contributed by atoms with van der Waals surface area (Å²) in [5.74, 6) is -5.44. The minimum Gasteiger partial charge on any atom is -0.496 e. The fourth-order valence-electron chi connectivity index (χ4n) is 5.62. The molecule has 2 heterocycles. The van der Waals surface area contributed by atoms with Crippen LogP contribution < -0.4 is 14.2 Å². The van der Waals surface area contributed by atoms with E-state index in [1.54, 1.807) is 6.92 Å². The van der Waals surface area contributed by atoms with Crippen LogP contribution in [0.2, 0.25) is 5.02 Å². The predicted molar refractivity (Wildman–Crippen MR) is 152 cm³/mol. The van der Waals surface area contributed by atoms with Crippen LogP contribution in [0.5, 0.6) is 17.2 Å². The standard InChI is InChI=1S/C30H33ClO15/c1-12-8-17(36)9-21(30(12)28(37)22-18(38-6)10-19(39-7)23(31)25(22)46-30)45-29-27(43-16(5)35)26(42-15(4)34)24(41-14(3)33)20(44-29)11-40-13(2)32/h9-10,12,20,24,26-27,29H,8,11H2,1-7H3. The molecule has 0 amide bonds. The molecule has 250 valence electrons. The van der Waals surface area contributed by atoms with Crippen molar-refractivity contribution in [2.45, 2.75) is 77.3 Å². The summed E-state index contributed by atoms with van der Waals surface area (Å²) in [4.78, 5) is 75.5. The summed E-state index contributed by atoms with van der Waals surface area (Å²) < 4.78 is 50.7. The average Bonchev–Trinajstić information content (AvgIpc) is 3.27. The molecule has 2 aliphatic heterocycles. The summed E-state index contributed by atoms with van der Waals surface area (Å²) in [7, 11) is 2.69. The lowest BCUT2D eigenvalue weighted by Crippen LogP contribution is -2.63. The molecule has 46 heavy (non-hydrogen) atoms. The number of Topliss-reactive ketones (excluding diaryl/α,β-unsaturated/α-hetero) is 1. The molecule has 0 radical (unpaired) electrons. The molecule has 0 saturated carbocycles. The number of hydrogen-bond donors (Lipinski definition) is 0. The molecular weight excluding hydrogens is 636 g/mol. The fourth-order valence-corrected chi connectivity index (χ4v) is 5.88. The van der Waals surface area contributed by atoms with E-state index in [4.69, 9.17) is 54.2 Å². The van der Waals surface area contributed by atoms with E-state index >= 15 is 0 Å². The third-order valence-electron chi connectivity index (χ3n) is 7.47. The van der Waals surface area contributed by atoms with Gasteiger partial charge in [0.1, 0.15) is 34.8 Å². The van der Waals surface area contributed by atoms with Crippen LogP contribution in [-0.4, -0.2) is 92.6 Å². The summed E-state index contributed by atoms with van der Waals surface area (Å²) in [5, 5.41) is -0.0423. The molecule has 0 bridgehead atoms.